The molecule has 3 aliphatic carbocycles. The third-order valence-corrected chi connectivity index (χ3v) is 17.3. The molecule has 3 aliphatic rings. The van der Waals surface area contributed by atoms with Crippen LogP contribution in [0.3, 0.4) is 0 Å². The van der Waals surface area contributed by atoms with Crippen molar-refractivity contribution in [2.45, 2.75) is 71.6 Å². The number of anilines is 3. The van der Waals surface area contributed by atoms with Crippen LogP contribution in [0.15, 0.2) is 185 Å². The van der Waals surface area contributed by atoms with Gasteiger partial charge in [-0.25, -0.2) is 0 Å². The monoisotopic (exact) mass is 927 g/mol. The van der Waals surface area contributed by atoms with Crippen LogP contribution in [0.2, 0.25) is 0 Å². The number of para-hydroxylation sites is 2. The first kappa shape index (κ1) is 41.6. The van der Waals surface area contributed by atoms with Gasteiger partial charge in [-0.15, -0.1) is 0 Å². The maximum absolute atomic E-state index is 7.00. The van der Waals surface area contributed by atoms with E-state index >= 15 is 0 Å². The molecule has 3 nitrogen and oxygen atoms in total. The Morgan fingerprint density at radius 3 is 1.68 bits per heavy atom. The molecule has 15 rings (SSSR count). The lowest BCUT2D eigenvalue weighted by Gasteiger charge is -2.32. The van der Waals surface area contributed by atoms with E-state index in [1.165, 1.54) is 111 Å². The molecule has 0 radical (unpaired) electrons. The summed E-state index contributed by atoms with van der Waals surface area (Å²) in [5.41, 5.74) is 27.0. The van der Waals surface area contributed by atoms with Crippen LogP contribution in [0.1, 0.15) is 86.1 Å². The van der Waals surface area contributed by atoms with Crippen molar-refractivity contribution in [2.75, 3.05) is 4.90 Å². The molecule has 346 valence electrons. The molecule has 72 heavy (non-hydrogen) atoms. The first-order chi connectivity index (χ1) is 34.8. The highest BCUT2D eigenvalue weighted by Gasteiger charge is 2.49. The molecule has 0 unspecified atom stereocenters. The van der Waals surface area contributed by atoms with Gasteiger partial charge in [-0.1, -0.05) is 168 Å². The number of benzene rings is 10. The predicted molar refractivity (Wildman–Crippen MR) is 301 cm³/mol. The Morgan fingerprint density at radius 2 is 0.958 bits per heavy atom. The van der Waals surface area contributed by atoms with Gasteiger partial charge in [-0.05, 0) is 152 Å². The van der Waals surface area contributed by atoms with Crippen molar-refractivity contribution in [1.82, 2.24) is 0 Å². The van der Waals surface area contributed by atoms with Crippen molar-refractivity contribution in [2.24, 2.45) is 0 Å². The lowest BCUT2D eigenvalue weighted by atomic mass is 9.72. The SMILES string of the molecule is Cc1ccc(N(c2ccc3c(c2)C(C)(C)c2cc(-c4ccc5ccccc5c4)c4oc5ccccc5c4c2-3)c2ccc3c(c2)C(C)(C)c2c4c(c5oc6ccccc6c5c2-3)-c2ccccc2C4(C)C)c(C)c1. The molecule has 10 aromatic carbocycles. The molecule has 0 aliphatic heterocycles. The third-order valence-electron chi connectivity index (χ3n) is 17.3. The van der Waals surface area contributed by atoms with Gasteiger partial charge in [0.2, 0.25) is 0 Å². The Balaban J connectivity index is 0.946. The quantitative estimate of drug-likeness (QED) is 0.176. The van der Waals surface area contributed by atoms with Crippen molar-refractivity contribution >= 4 is 71.7 Å². The number of hydrogen-bond donors (Lipinski definition) is 0. The average Bonchev–Trinajstić information content (AvgIpc) is 4.13. The minimum atomic E-state index is -0.326. The molecule has 0 saturated carbocycles. The van der Waals surface area contributed by atoms with E-state index in [1.54, 1.807) is 0 Å². The molecule has 0 atom stereocenters. The number of fused-ring (bicyclic) bond motifs is 20. The zero-order valence-electron chi connectivity index (χ0n) is 42.0. The summed E-state index contributed by atoms with van der Waals surface area (Å²) in [5, 5.41) is 7.19. The van der Waals surface area contributed by atoms with Crippen LogP contribution in [-0.2, 0) is 16.2 Å². The van der Waals surface area contributed by atoms with Gasteiger partial charge >= 0.3 is 0 Å². The number of nitrogens with zero attached hydrogens (tertiary/aromatic N) is 1. The molecule has 0 amide bonds. The highest BCUT2D eigenvalue weighted by atomic mass is 16.3. The highest BCUT2D eigenvalue weighted by molar-refractivity contribution is 6.22. The van der Waals surface area contributed by atoms with Gasteiger partial charge in [0.05, 0.1) is 0 Å². The van der Waals surface area contributed by atoms with Crippen LogP contribution in [0.5, 0.6) is 0 Å². The van der Waals surface area contributed by atoms with Crippen LogP contribution in [0, 0.1) is 13.8 Å². The Bertz CT molecular complexity index is 4400. The van der Waals surface area contributed by atoms with E-state index < -0.39 is 0 Å². The minimum absolute atomic E-state index is 0.226. The second-order valence-corrected chi connectivity index (χ2v) is 22.5. The molecular formula is C69H53NO2. The van der Waals surface area contributed by atoms with Gasteiger partial charge in [0.1, 0.15) is 22.3 Å². The summed E-state index contributed by atoms with van der Waals surface area (Å²) >= 11 is 0. The van der Waals surface area contributed by atoms with Crippen LogP contribution >= 0.6 is 0 Å². The number of furan rings is 2. The smallest absolute Gasteiger partial charge is 0.144 e. The Labute approximate surface area is 420 Å². The standard InChI is InChI=1S/C69H53NO2/c1-38-25-32-55(39(2)33-38)70(44-29-31-47-53(36-44)69(7,8)63-59(47)61-49-21-13-16-24-57(49)72-66(61)62-45-19-11-14-22-51(45)68(5,6)64(62)63)43-28-30-46-52(35-43)67(3,4)54-37-50(42-27-26-40-17-9-10-18-41(40)34-42)65-60(58(46)54)48-20-12-15-23-56(48)71-65/h9-37H,1-8H3. The van der Waals surface area contributed by atoms with Gasteiger partial charge in [0.25, 0.3) is 0 Å². The number of aryl methyl sites for hydroxylation is 2. The Kier molecular flexibility index (Phi) is 8.12. The molecule has 2 heterocycles. The predicted octanol–water partition coefficient (Wildman–Crippen LogP) is 19.3. The van der Waals surface area contributed by atoms with Crippen LogP contribution in [0.25, 0.3) is 99.2 Å². The summed E-state index contributed by atoms with van der Waals surface area (Å²) in [5.74, 6) is 0. The maximum Gasteiger partial charge on any atom is 0.144 e. The van der Waals surface area contributed by atoms with Crippen molar-refractivity contribution in [1.29, 1.82) is 0 Å². The summed E-state index contributed by atoms with van der Waals surface area (Å²) < 4.78 is 13.9. The molecular weight excluding hydrogens is 875 g/mol. The molecule has 0 spiro atoms. The fourth-order valence-electron chi connectivity index (χ4n) is 13.9. The minimum Gasteiger partial charge on any atom is -0.455 e. The highest BCUT2D eigenvalue weighted by Crippen LogP contribution is 2.64. The summed E-state index contributed by atoms with van der Waals surface area (Å²) in [6.45, 7) is 19.0. The Morgan fingerprint density at radius 1 is 0.389 bits per heavy atom. The topological polar surface area (TPSA) is 29.5 Å². The fourth-order valence-corrected chi connectivity index (χ4v) is 13.9. The average molecular weight is 928 g/mol. The molecule has 0 N–H and O–H groups in total. The third kappa shape index (κ3) is 5.30. The second kappa shape index (κ2) is 14.0. The van der Waals surface area contributed by atoms with Gasteiger partial charge < -0.3 is 13.7 Å². The van der Waals surface area contributed by atoms with Gasteiger partial charge in [0.15, 0.2) is 0 Å². The molecule has 0 fully saturated rings. The van der Waals surface area contributed by atoms with Gasteiger partial charge in [-0.3, -0.25) is 0 Å². The van der Waals surface area contributed by atoms with Gasteiger partial charge in [0, 0.05) is 66.0 Å². The van der Waals surface area contributed by atoms with E-state index in [0.717, 1.165) is 50.2 Å². The van der Waals surface area contributed by atoms with Crippen molar-refractivity contribution in [3.63, 3.8) is 0 Å². The van der Waals surface area contributed by atoms with E-state index in [-0.39, 0.29) is 16.2 Å². The van der Waals surface area contributed by atoms with Crippen molar-refractivity contribution in [3.8, 4) is 44.5 Å². The summed E-state index contributed by atoms with van der Waals surface area (Å²) in [6.07, 6.45) is 0. The molecule has 2 aromatic heterocycles. The molecule has 0 saturated heterocycles. The summed E-state index contributed by atoms with van der Waals surface area (Å²) in [4.78, 5) is 2.52. The van der Waals surface area contributed by atoms with Crippen molar-refractivity contribution in [3.05, 3.63) is 220 Å². The lowest BCUT2D eigenvalue weighted by Crippen LogP contribution is -2.24. The van der Waals surface area contributed by atoms with E-state index in [0.29, 0.717) is 0 Å². The molecule has 0 bridgehead atoms. The maximum atomic E-state index is 7.00. The first-order valence-corrected chi connectivity index (χ1v) is 25.6. The normalized spacial score (nSPS) is 15.3. The van der Waals surface area contributed by atoms with Crippen molar-refractivity contribution < 1.29 is 8.83 Å². The Hall–Kier alpha value is -8.14. The van der Waals surface area contributed by atoms with E-state index in [4.69, 9.17) is 8.83 Å². The summed E-state index contributed by atoms with van der Waals surface area (Å²) in [6, 6.07) is 65.5. The fraction of sp³-hybridized carbons (Fsp3) is 0.159. The molecule has 3 heteroatoms. The second-order valence-electron chi connectivity index (χ2n) is 22.5. The number of rotatable bonds is 4. The zero-order chi connectivity index (χ0) is 48.7. The van der Waals surface area contributed by atoms with Crippen LogP contribution in [0.4, 0.5) is 17.1 Å². The largest absolute Gasteiger partial charge is 0.455 e. The van der Waals surface area contributed by atoms with Crippen LogP contribution in [-0.4, -0.2) is 0 Å². The van der Waals surface area contributed by atoms with E-state index in [1.807, 2.05) is 0 Å². The zero-order valence-corrected chi connectivity index (χ0v) is 42.0. The molecule has 12 aromatic rings. The lowest BCUT2D eigenvalue weighted by molar-refractivity contribution is 0.600. The van der Waals surface area contributed by atoms with Crippen LogP contribution < -0.4 is 4.90 Å². The summed E-state index contributed by atoms with van der Waals surface area (Å²) in [7, 11) is 0. The van der Waals surface area contributed by atoms with E-state index in [2.05, 4.69) is 236 Å². The van der Waals surface area contributed by atoms with Gasteiger partial charge in [-0.2, -0.15) is 0 Å². The first-order valence-electron chi connectivity index (χ1n) is 25.6. The number of hydrogen-bond acceptors (Lipinski definition) is 3. The van der Waals surface area contributed by atoms with E-state index in [9.17, 15) is 0 Å².